The number of rotatable bonds is 2. The van der Waals surface area contributed by atoms with Crippen LogP contribution in [0.25, 0.3) is 11.1 Å². The van der Waals surface area contributed by atoms with E-state index in [2.05, 4.69) is 36.4 Å². The second-order valence-corrected chi connectivity index (χ2v) is 7.72. The van der Waals surface area contributed by atoms with Crippen molar-refractivity contribution >= 4 is 6.09 Å². The molecule has 2 aromatic carbocycles. The van der Waals surface area contributed by atoms with Gasteiger partial charge in [0.25, 0.3) is 0 Å². The third-order valence-electron chi connectivity index (χ3n) is 6.26. The number of carbonyl (C=O) groups is 1. The monoisotopic (exact) mass is 349 g/mol. The van der Waals surface area contributed by atoms with Gasteiger partial charge >= 0.3 is 6.09 Å². The Morgan fingerprint density at radius 2 is 1.50 bits per heavy atom. The fraction of sp³-hybridized carbons (Fsp3) is 0.409. The van der Waals surface area contributed by atoms with Gasteiger partial charge in [0.15, 0.2) is 0 Å². The van der Waals surface area contributed by atoms with Gasteiger partial charge in [0.1, 0.15) is 6.61 Å². The van der Waals surface area contributed by atoms with Crippen LogP contribution in [0.4, 0.5) is 4.79 Å². The molecule has 0 aromatic heterocycles. The Morgan fingerprint density at radius 3 is 2.08 bits per heavy atom. The van der Waals surface area contributed by atoms with Crippen LogP contribution in [-0.2, 0) is 4.74 Å². The number of benzene rings is 2. The molecule has 1 amide bonds. The largest absolute Gasteiger partial charge is 0.448 e. The van der Waals surface area contributed by atoms with Crippen molar-refractivity contribution in [2.75, 3.05) is 6.61 Å². The maximum absolute atomic E-state index is 12.8. The van der Waals surface area contributed by atoms with Crippen LogP contribution >= 0.6 is 0 Å². The Morgan fingerprint density at radius 1 is 0.962 bits per heavy atom. The van der Waals surface area contributed by atoms with E-state index in [-0.39, 0.29) is 30.2 Å². The Bertz CT molecular complexity index is 789. The second kappa shape index (κ2) is 6.13. The second-order valence-electron chi connectivity index (χ2n) is 7.72. The van der Waals surface area contributed by atoms with E-state index in [0.717, 1.165) is 12.8 Å². The van der Waals surface area contributed by atoms with Gasteiger partial charge in [-0.3, -0.25) is 0 Å². The zero-order chi connectivity index (χ0) is 17.7. The van der Waals surface area contributed by atoms with Crippen molar-refractivity contribution in [1.82, 2.24) is 4.90 Å². The first kappa shape index (κ1) is 15.9. The molecule has 2 bridgehead atoms. The van der Waals surface area contributed by atoms with E-state index in [0.29, 0.717) is 19.4 Å². The van der Waals surface area contributed by atoms with E-state index in [9.17, 15) is 9.90 Å². The molecule has 0 radical (unpaired) electrons. The lowest BCUT2D eigenvalue weighted by molar-refractivity contribution is 0.0238. The highest BCUT2D eigenvalue weighted by Crippen LogP contribution is 2.45. The minimum atomic E-state index is -0.273. The third kappa shape index (κ3) is 2.43. The van der Waals surface area contributed by atoms with Gasteiger partial charge in [-0.2, -0.15) is 0 Å². The summed E-state index contributed by atoms with van der Waals surface area (Å²) in [6.07, 6.45) is 2.83. The molecular weight excluding hydrogens is 326 g/mol. The molecule has 5 rings (SSSR count). The van der Waals surface area contributed by atoms with E-state index in [1.54, 1.807) is 0 Å². The molecule has 2 atom stereocenters. The molecule has 2 aliphatic heterocycles. The maximum Gasteiger partial charge on any atom is 0.410 e. The number of piperidine rings is 1. The first-order valence-corrected chi connectivity index (χ1v) is 9.53. The number of fused-ring (bicyclic) bond motifs is 5. The van der Waals surface area contributed by atoms with Gasteiger partial charge in [-0.25, -0.2) is 4.79 Å². The molecule has 2 fully saturated rings. The normalized spacial score (nSPS) is 26.5. The van der Waals surface area contributed by atoms with E-state index in [1.807, 2.05) is 17.0 Å². The smallest absolute Gasteiger partial charge is 0.410 e. The van der Waals surface area contributed by atoms with Gasteiger partial charge in [-0.1, -0.05) is 48.5 Å². The van der Waals surface area contributed by atoms with Crippen LogP contribution < -0.4 is 0 Å². The predicted molar refractivity (Wildman–Crippen MR) is 99.0 cm³/mol. The molecule has 4 heteroatoms. The lowest BCUT2D eigenvalue weighted by Crippen LogP contribution is -2.48. The van der Waals surface area contributed by atoms with Crippen LogP contribution in [0.15, 0.2) is 48.5 Å². The van der Waals surface area contributed by atoms with Crippen molar-refractivity contribution in [3.63, 3.8) is 0 Å². The average Bonchev–Trinajstić information content (AvgIpc) is 3.12. The van der Waals surface area contributed by atoms with Gasteiger partial charge in [0, 0.05) is 18.0 Å². The third-order valence-corrected chi connectivity index (χ3v) is 6.26. The number of hydrogen-bond acceptors (Lipinski definition) is 3. The molecule has 0 spiro atoms. The van der Waals surface area contributed by atoms with Crippen LogP contribution in [0.2, 0.25) is 0 Å². The number of aliphatic hydroxyl groups excluding tert-OH is 1. The molecule has 3 aliphatic rings. The van der Waals surface area contributed by atoms with Gasteiger partial charge in [0.05, 0.1) is 6.10 Å². The number of amides is 1. The molecule has 2 unspecified atom stereocenters. The van der Waals surface area contributed by atoms with Crippen LogP contribution in [0.3, 0.4) is 0 Å². The molecule has 26 heavy (non-hydrogen) atoms. The van der Waals surface area contributed by atoms with Gasteiger partial charge < -0.3 is 14.7 Å². The summed E-state index contributed by atoms with van der Waals surface area (Å²) < 4.78 is 5.80. The molecule has 0 saturated carbocycles. The lowest BCUT2D eigenvalue weighted by atomic mass is 9.98. The first-order valence-electron chi connectivity index (χ1n) is 9.53. The van der Waals surface area contributed by atoms with E-state index in [1.165, 1.54) is 22.3 Å². The molecule has 2 heterocycles. The Kier molecular flexibility index (Phi) is 3.75. The Balaban J connectivity index is 1.35. The van der Waals surface area contributed by atoms with Crippen LogP contribution in [0.1, 0.15) is 42.7 Å². The summed E-state index contributed by atoms with van der Waals surface area (Å²) >= 11 is 0. The van der Waals surface area contributed by atoms with Gasteiger partial charge in [-0.05, 0) is 47.9 Å². The minimum Gasteiger partial charge on any atom is -0.448 e. The lowest BCUT2D eigenvalue weighted by Gasteiger charge is -2.36. The molecular formula is C22H23NO3. The highest BCUT2D eigenvalue weighted by molar-refractivity contribution is 5.79. The summed E-state index contributed by atoms with van der Waals surface area (Å²) in [6, 6.07) is 17.0. The zero-order valence-electron chi connectivity index (χ0n) is 14.7. The van der Waals surface area contributed by atoms with Crippen molar-refractivity contribution in [2.24, 2.45) is 0 Å². The maximum atomic E-state index is 12.8. The molecule has 2 aromatic rings. The summed E-state index contributed by atoms with van der Waals surface area (Å²) in [5, 5.41) is 9.93. The SMILES string of the molecule is O=C(OCC1c2ccccc2-c2ccccc21)N1C2CCC1CC(O)C2. The summed E-state index contributed by atoms with van der Waals surface area (Å²) in [7, 11) is 0. The molecule has 1 aliphatic carbocycles. The van der Waals surface area contributed by atoms with E-state index >= 15 is 0 Å². The summed E-state index contributed by atoms with van der Waals surface area (Å²) in [4.78, 5) is 14.7. The fourth-order valence-electron chi connectivity index (χ4n) is 5.11. The Labute approximate surface area is 153 Å². The topological polar surface area (TPSA) is 49.8 Å². The van der Waals surface area contributed by atoms with Crippen molar-refractivity contribution < 1.29 is 14.6 Å². The summed E-state index contributed by atoms with van der Waals surface area (Å²) in [6.45, 7) is 0.366. The summed E-state index contributed by atoms with van der Waals surface area (Å²) in [5.41, 5.74) is 4.95. The summed E-state index contributed by atoms with van der Waals surface area (Å²) in [5.74, 6) is 0.0967. The van der Waals surface area contributed by atoms with Gasteiger partial charge in [-0.15, -0.1) is 0 Å². The molecule has 1 N–H and O–H groups in total. The fourth-order valence-corrected chi connectivity index (χ4v) is 5.11. The standard InChI is InChI=1S/C22H23NO3/c24-16-11-14-9-10-15(12-16)23(14)22(25)26-13-21-19-7-3-1-5-17(19)18-6-2-4-8-20(18)21/h1-8,14-16,21,24H,9-13H2. The van der Waals surface area contributed by atoms with Crippen LogP contribution in [-0.4, -0.2) is 40.9 Å². The van der Waals surface area contributed by atoms with Crippen molar-refractivity contribution in [2.45, 2.75) is 49.8 Å². The quantitative estimate of drug-likeness (QED) is 0.894. The van der Waals surface area contributed by atoms with E-state index < -0.39 is 0 Å². The van der Waals surface area contributed by atoms with Crippen molar-refractivity contribution in [3.05, 3.63) is 59.7 Å². The number of aliphatic hydroxyl groups is 1. The molecule has 134 valence electrons. The predicted octanol–water partition coefficient (Wildman–Crippen LogP) is 3.92. The Hall–Kier alpha value is -2.33. The molecule has 2 saturated heterocycles. The number of carbonyl (C=O) groups excluding carboxylic acids is 1. The van der Waals surface area contributed by atoms with E-state index in [4.69, 9.17) is 4.74 Å². The van der Waals surface area contributed by atoms with Crippen molar-refractivity contribution in [3.8, 4) is 11.1 Å². The number of hydrogen-bond donors (Lipinski definition) is 1. The minimum absolute atomic E-state index is 0.0967. The highest BCUT2D eigenvalue weighted by atomic mass is 16.6. The average molecular weight is 349 g/mol. The number of ether oxygens (including phenoxy) is 1. The van der Waals surface area contributed by atoms with Crippen molar-refractivity contribution in [1.29, 1.82) is 0 Å². The van der Waals surface area contributed by atoms with Crippen LogP contribution in [0, 0.1) is 0 Å². The van der Waals surface area contributed by atoms with Gasteiger partial charge in [0.2, 0.25) is 0 Å². The molecule has 4 nitrogen and oxygen atoms in total. The highest BCUT2D eigenvalue weighted by Gasteiger charge is 2.44. The first-order chi connectivity index (χ1) is 12.7. The zero-order valence-corrected chi connectivity index (χ0v) is 14.7. The van der Waals surface area contributed by atoms with Crippen LogP contribution in [0.5, 0.6) is 0 Å². The number of nitrogens with zero attached hydrogens (tertiary/aromatic N) is 1.